The zero-order valence-electron chi connectivity index (χ0n) is 52.9. The number of carbonyl (C=O) groups excluding carboxylic acids is 1. The van der Waals surface area contributed by atoms with Gasteiger partial charge in [0.05, 0.1) is 38.6 Å². The molecule has 0 saturated carbocycles. The van der Waals surface area contributed by atoms with Crippen molar-refractivity contribution in [3.05, 3.63) is 12.2 Å². The topological polar surface area (TPSA) is 307 Å². The molecule has 502 valence electrons. The van der Waals surface area contributed by atoms with Gasteiger partial charge in [-0.25, -0.2) is 0 Å². The molecule has 12 N–H and O–H groups in total. The van der Waals surface area contributed by atoms with Crippen LogP contribution in [0.25, 0.3) is 0 Å². The van der Waals surface area contributed by atoms with Gasteiger partial charge in [0.1, 0.15) is 73.2 Å². The van der Waals surface area contributed by atoms with Gasteiger partial charge >= 0.3 is 0 Å². The number of allylic oxidation sites excluding steroid dienone is 1. The van der Waals surface area contributed by atoms with Gasteiger partial charge in [-0.05, 0) is 19.3 Å². The summed E-state index contributed by atoms with van der Waals surface area (Å²) in [6, 6.07) is -0.967. The Morgan fingerprint density at radius 2 is 0.729 bits per heavy atom. The zero-order chi connectivity index (χ0) is 61.9. The summed E-state index contributed by atoms with van der Waals surface area (Å²) in [5.74, 6) is -0.271. The fraction of sp³-hybridized carbons (Fsp3) is 0.955. The van der Waals surface area contributed by atoms with Gasteiger partial charge in [0.15, 0.2) is 18.9 Å². The number of aliphatic hydroxyl groups is 11. The number of carbonyl (C=O) groups is 1. The van der Waals surface area contributed by atoms with E-state index in [0.29, 0.717) is 6.42 Å². The fourth-order valence-corrected chi connectivity index (χ4v) is 12.0. The van der Waals surface area contributed by atoms with Gasteiger partial charge in [0.2, 0.25) is 5.91 Å². The molecule has 0 spiro atoms. The van der Waals surface area contributed by atoms with Crippen LogP contribution in [0.5, 0.6) is 0 Å². The Balaban J connectivity index is 1.36. The third-order valence-corrected chi connectivity index (χ3v) is 17.6. The lowest BCUT2D eigenvalue weighted by atomic mass is 9.96. The van der Waals surface area contributed by atoms with E-state index in [1.165, 1.54) is 199 Å². The Bertz CT molecular complexity index is 1600. The molecule has 0 aliphatic carbocycles. The van der Waals surface area contributed by atoms with Crippen LogP contribution in [-0.4, -0.2) is 193 Å². The van der Waals surface area contributed by atoms with Crippen molar-refractivity contribution in [1.82, 2.24) is 5.32 Å². The Labute approximate surface area is 512 Å². The number of amides is 1. The number of hydrogen-bond acceptors (Lipinski definition) is 18. The molecule has 3 aliphatic heterocycles. The lowest BCUT2D eigenvalue weighted by molar-refractivity contribution is -0.379. The quantitative estimate of drug-likeness (QED) is 0.0201. The lowest BCUT2D eigenvalue weighted by Gasteiger charge is -2.48. The molecular formula is C66H125NO18. The SMILES string of the molecule is CCCCCCCCCCC/C=C/C(O)C(COC1OC(CO)C(OC2OC(CO)C(OC3OC(CO)C(O)C(O)C3O)C(O)C2O)C(O)C1O)NC(=O)CCCCCCCCCCCCCCCCCCCCCCCCCCCCCCC. The van der Waals surface area contributed by atoms with Crippen molar-refractivity contribution < 1.29 is 89.4 Å². The number of unbranched alkanes of at least 4 members (excludes halogenated alkanes) is 37. The molecular weight excluding hydrogens is 1090 g/mol. The first-order valence-corrected chi connectivity index (χ1v) is 34.4. The van der Waals surface area contributed by atoms with E-state index < -0.39 is 124 Å². The highest BCUT2D eigenvalue weighted by atomic mass is 16.8. The summed E-state index contributed by atoms with van der Waals surface area (Å²) in [6.07, 6.45) is 26.5. The second-order valence-corrected chi connectivity index (χ2v) is 25.0. The zero-order valence-corrected chi connectivity index (χ0v) is 52.9. The molecule has 17 atom stereocenters. The van der Waals surface area contributed by atoms with Gasteiger partial charge in [0, 0.05) is 6.42 Å². The fourth-order valence-electron chi connectivity index (χ4n) is 12.0. The predicted molar refractivity (Wildman–Crippen MR) is 328 cm³/mol. The maximum Gasteiger partial charge on any atom is 0.220 e. The normalized spacial score (nSPS) is 29.0. The highest BCUT2D eigenvalue weighted by molar-refractivity contribution is 5.76. The van der Waals surface area contributed by atoms with E-state index in [0.717, 1.165) is 44.9 Å². The number of hydrogen-bond donors (Lipinski definition) is 12. The summed E-state index contributed by atoms with van der Waals surface area (Å²) in [5, 5.41) is 120. The molecule has 85 heavy (non-hydrogen) atoms. The Morgan fingerprint density at radius 3 is 1.11 bits per heavy atom. The van der Waals surface area contributed by atoms with Crippen LogP contribution < -0.4 is 5.32 Å². The molecule has 0 aromatic carbocycles. The summed E-state index contributed by atoms with van der Waals surface area (Å²) in [7, 11) is 0. The number of nitrogens with one attached hydrogen (secondary N) is 1. The first kappa shape index (κ1) is 77.8. The van der Waals surface area contributed by atoms with E-state index in [-0.39, 0.29) is 18.9 Å². The van der Waals surface area contributed by atoms with Gasteiger partial charge in [-0.2, -0.15) is 0 Å². The highest BCUT2D eigenvalue weighted by Gasteiger charge is 2.53. The summed E-state index contributed by atoms with van der Waals surface area (Å²) in [6.45, 7) is 1.74. The van der Waals surface area contributed by atoms with Crippen molar-refractivity contribution >= 4 is 5.91 Å². The minimum atomic E-state index is -1.97. The molecule has 0 radical (unpaired) electrons. The summed E-state index contributed by atoms with van der Waals surface area (Å²) >= 11 is 0. The predicted octanol–water partition coefficient (Wildman–Crippen LogP) is 8.50. The molecule has 3 fully saturated rings. The van der Waals surface area contributed by atoms with Crippen molar-refractivity contribution in [3.8, 4) is 0 Å². The average molecular weight is 1220 g/mol. The van der Waals surface area contributed by atoms with Crippen molar-refractivity contribution in [3.63, 3.8) is 0 Å². The van der Waals surface area contributed by atoms with E-state index in [1.807, 2.05) is 6.08 Å². The van der Waals surface area contributed by atoms with Gasteiger partial charge < -0.3 is 89.9 Å². The standard InChI is InChI=1S/C66H125NO18/c1-3-5-7-9-11-13-15-16-17-18-19-20-21-22-23-24-25-26-27-28-29-30-31-32-34-36-38-40-42-44-54(72)67-49(50(71)43-41-39-37-35-33-14-12-10-8-6-4-2)48-80-64-60(78)57(75)62(52(46-69)82-64)85-66-61(79)58(76)63(53(47-70)83-66)84-65-59(77)56(74)55(73)51(45-68)81-65/h41,43,49-53,55-66,68-71,73-79H,3-40,42,44-48H2,1-2H3,(H,67,72)/b43-41+. The molecule has 3 saturated heterocycles. The summed E-state index contributed by atoms with van der Waals surface area (Å²) in [5.41, 5.74) is 0. The monoisotopic (exact) mass is 1220 g/mol. The van der Waals surface area contributed by atoms with Crippen LogP contribution in [-0.2, 0) is 33.2 Å². The molecule has 19 heteroatoms. The molecule has 0 aromatic heterocycles. The smallest absolute Gasteiger partial charge is 0.220 e. The molecule has 17 unspecified atom stereocenters. The minimum Gasteiger partial charge on any atom is -0.394 e. The van der Waals surface area contributed by atoms with Crippen LogP contribution in [0, 0.1) is 0 Å². The Hall–Kier alpha value is -1.47. The second-order valence-electron chi connectivity index (χ2n) is 25.0. The van der Waals surface area contributed by atoms with E-state index in [9.17, 15) is 61.0 Å². The molecule has 1 amide bonds. The maximum atomic E-state index is 13.4. The maximum absolute atomic E-state index is 13.4. The van der Waals surface area contributed by atoms with Gasteiger partial charge in [-0.1, -0.05) is 257 Å². The molecule has 0 aromatic rings. The van der Waals surface area contributed by atoms with Crippen molar-refractivity contribution in [2.45, 2.75) is 375 Å². The van der Waals surface area contributed by atoms with Crippen LogP contribution in [0.3, 0.4) is 0 Å². The van der Waals surface area contributed by atoms with Crippen LogP contribution in [0.2, 0.25) is 0 Å². The van der Waals surface area contributed by atoms with Gasteiger partial charge in [-0.3, -0.25) is 4.79 Å². The third kappa shape index (κ3) is 31.9. The largest absolute Gasteiger partial charge is 0.394 e. The average Bonchev–Trinajstić information content (AvgIpc) is 3.70. The number of aliphatic hydroxyl groups excluding tert-OH is 11. The number of ether oxygens (including phenoxy) is 6. The second kappa shape index (κ2) is 49.3. The van der Waals surface area contributed by atoms with Gasteiger partial charge in [0.25, 0.3) is 0 Å². The van der Waals surface area contributed by atoms with E-state index in [4.69, 9.17) is 28.4 Å². The van der Waals surface area contributed by atoms with Crippen molar-refractivity contribution in [2.24, 2.45) is 0 Å². The summed E-state index contributed by atoms with van der Waals surface area (Å²) in [4.78, 5) is 13.4. The van der Waals surface area contributed by atoms with Crippen LogP contribution in [0.4, 0.5) is 0 Å². The Kier molecular flexibility index (Phi) is 45.1. The van der Waals surface area contributed by atoms with Crippen LogP contribution >= 0.6 is 0 Å². The molecule has 3 rings (SSSR count). The van der Waals surface area contributed by atoms with Gasteiger partial charge in [-0.15, -0.1) is 0 Å². The van der Waals surface area contributed by atoms with E-state index in [2.05, 4.69) is 19.2 Å². The van der Waals surface area contributed by atoms with Crippen molar-refractivity contribution in [2.75, 3.05) is 26.4 Å². The Morgan fingerprint density at radius 1 is 0.412 bits per heavy atom. The lowest BCUT2D eigenvalue weighted by Crippen LogP contribution is -2.66. The van der Waals surface area contributed by atoms with Crippen LogP contribution in [0.1, 0.15) is 271 Å². The molecule has 3 heterocycles. The highest BCUT2D eigenvalue weighted by Crippen LogP contribution is 2.33. The molecule has 19 nitrogen and oxygen atoms in total. The number of rotatable bonds is 53. The van der Waals surface area contributed by atoms with E-state index >= 15 is 0 Å². The molecule has 3 aliphatic rings. The van der Waals surface area contributed by atoms with Crippen LogP contribution in [0.15, 0.2) is 12.2 Å². The van der Waals surface area contributed by atoms with Crippen molar-refractivity contribution in [1.29, 1.82) is 0 Å². The minimum absolute atomic E-state index is 0.249. The van der Waals surface area contributed by atoms with E-state index in [1.54, 1.807) is 6.08 Å². The third-order valence-electron chi connectivity index (χ3n) is 17.6. The first-order chi connectivity index (χ1) is 41.3. The summed E-state index contributed by atoms with van der Waals surface area (Å²) < 4.78 is 34.3. The molecule has 0 bridgehead atoms. The first-order valence-electron chi connectivity index (χ1n) is 34.4.